The van der Waals surface area contributed by atoms with E-state index in [4.69, 9.17) is 9.47 Å². The van der Waals surface area contributed by atoms with Crippen molar-refractivity contribution in [2.75, 3.05) is 13.2 Å². The predicted molar refractivity (Wildman–Crippen MR) is 116 cm³/mol. The van der Waals surface area contributed by atoms with Crippen LogP contribution < -0.4 is 0 Å². The maximum atomic E-state index is 10.3. The van der Waals surface area contributed by atoms with Gasteiger partial charge in [0.25, 0.3) is 0 Å². The van der Waals surface area contributed by atoms with Gasteiger partial charge in [0.1, 0.15) is 42.7 Å². The van der Waals surface area contributed by atoms with Gasteiger partial charge in [-0.1, -0.05) is 48.5 Å². The van der Waals surface area contributed by atoms with Crippen LogP contribution in [0.3, 0.4) is 0 Å². The Morgan fingerprint density at radius 3 is 1.61 bits per heavy atom. The van der Waals surface area contributed by atoms with Crippen molar-refractivity contribution < 1.29 is 45.2 Å². The third-order valence-corrected chi connectivity index (χ3v) is 6.46. The molecule has 2 saturated heterocycles. The van der Waals surface area contributed by atoms with E-state index in [0.29, 0.717) is 11.1 Å². The standard InChI is InChI=1S/C24H30O9/c25-10-16-9-17(27)19(28)23(32-16)14-5-1-12(2-6-14)13-3-7-15(8-4-13)24-22(31)21(30)20(29)18(11-26)33-24/h1-8,16-31H,9-11H2. The number of benzene rings is 2. The summed E-state index contributed by atoms with van der Waals surface area (Å²) in [5, 5.41) is 69.3. The Labute approximate surface area is 191 Å². The van der Waals surface area contributed by atoms with Gasteiger partial charge in [0.15, 0.2) is 0 Å². The molecule has 0 saturated carbocycles. The predicted octanol–water partition coefficient (Wildman–Crippen LogP) is -0.587. The van der Waals surface area contributed by atoms with Gasteiger partial charge in [0.05, 0.1) is 25.4 Å². The summed E-state index contributed by atoms with van der Waals surface area (Å²) in [7, 11) is 0. The fourth-order valence-electron chi connectivity index (χ4n) is 4.45. The smallest absolute Gasteiger partial charge is 0.113 e. The highest BCUT2D eigenvalue weighted by Crippen LogP contribution is 2.35. The molecule has 2 aliphatic heterocycles. The summed E-state index contributed by atoms with van der Waals surface area (Å²) >= 11 is 0. The van der Waals surface area contributed by atoms with Gasteiger partial charge in [-0.15, -0.1) is 0 Å². The van der Waals surface area contributed by atoms with Crippen LogP contribution in [-0.2, 0) is 9.47 Å². The summed E-state index contributed by atoms with van der Waals surface area (Å²) in [6.07, 6.45) is -9.22. The van der Waals surface area contributed by atoms with E-state index in [9.17, 15) is 35.7 Å². The normalized spacial score (nSPS) is 37.1. The van der Waals surface area contributed by atoms with Crippen LogP contribution in [0, 0.1) is 0 Å². The van der Waals surface area contributed by atoms with Crippen molar-refractivity contribution in [3.8, 4) is 11.1 Å². The summed E-state index contributed by atoms with van der Waals surface area (Å²) in [4.78, 5) is 0. The van der Waals surface area contributed by atoms with Crippen LogP contribution in [0.25, 0.3) is 11.1 Å². The average molecular weight is 462 g/mol. The molecule has 9 atom stereocenters. The Morgan fingerprint density at radius 2 is 1.12 bits per heavy atom. The van der Waals surface area contributed by atoms with E-state index in [1.807, 2.05) is 24.3 Å². The molecule has 33 heavy (non-hydrogen) atoms. The first-order chi connectivity index (χ1) is 15.8. The van der Waals surface area contributed by atoms with Crippen LogP contribution in [0.1, 0.15) is 29.8 Å². The van der Waals surface area contributed by atoms with Crippen molar-refractivity contribution in [1.82, 2.24) is 0 Å². The van der Waals surface area contributed by atoms with Gasteiger partial charge in [0, 0.05) is 6.42 Å². The van der Waals surface area contributed by atoms with Gasteiger partial charge in [-0.3, -0.25) is 0 Å². The molecule has 2 aromatic carbocycles. The summed E-state index contributed by atoms with van der Waals surface area (Å²) in [6, 6.07) is 14.4. The highest BCUT2D eigenvalue weighted by atomic mass is 16.5. The second-order valence-corrected chi connectivity index (χ2v) is 8.65. The number of ether oxygens (including phenoxy) is 2. The Hall–Kier alpha value is -1.92. The van der Waals surface area contributed by atoms with Gasteiger partial charge in [-0.25, -0.2) is 0 Å². The first-order valence-electron chi connectivity index (χ1n) is 11.0. The van der Waals surface area contributed by atoms with Crippen LogP contribution in [0.15, 0.2) is 48.5 Å². The van der Waals surface area contributed by atoms with E-state index < -0.39 is 61.5 Å². The molecule has 0 amide bonds. The molecule has 9 nitrogen and oxygen atoms in total. The van der Waals surface area contributed by atoms with Gasteiger partial charge in [0.2, 0.25) is 0 Å². The van der Waals surface area contributed by atoms with Gasteiger partial charge < -0.3 is 45.2 Å². The molecule has 4 rings (SSSR count). The molecular formula is C24H30O9. The van der Waals surface area contributed by atoms with Crippen molar-refractivity contribution in [3.05, 3.63) is 59.7 Å². The van der Waals surface area contributed by atoms with E-state index in [2.05, 4.69) is 0 Å². The molecule has 0 radical (unpaired) electrons. The van der Waals surface area contributed by atoms with Crippen molar-refractivity contribution in [1.29, 1.82) is 0 Å². The molecular weight excluding hydrogens is 432 g/mol. The number of hydrogen-bond donors (Lipinski definition) is 7. The fraction of sp³-hybridized carbons (Fsp3) is 0.500. The van der Waals surface area contributed by atoms with Crippen molar-refractivity contribution >= 4 is 0 Å². The van der Waals surface area contributed by atoms with Crippen LogP contribution in [0.5, 0.6) is 0 Å². The molecule has 2 heterocycles. The molecule has 0 aliphatic carbocycles. The summed E-state index contributed by atoms with van der Waals surface area (Å²) in [5.41, 5.74) is 3.02. The maximum absolute atomic E-state index is 10.3. The number of aliphatic hydroxyl groups excluding tert-OH is 7. The van der Waals surface area contributed by atoms with E-state index in [1.54, 1.807) is 24.3 Å². The molecule has 2 fully saturated rings. The van der Waals surface area contributed by atoms with E-state index in [1.165, 1.54) is 0 Å². The van der Waals surface area contributed by atoms with Crippen molar-refractivity contribution in [2.45, 2.75) is 61.4 Å². The number of hydrogen-bond acceptors (Lipinski definition) is 9. The maximum Gasteiger partial charge on any atom is 0.113 e. The largest absolute Gasteiger partial charge is 0.394 e. The van der Waals surface area contributed by atoms with Crippen LogP contribution in [0.2, 0.25) is 0 Å². The third-order valence-electron chi connectivity index (χ3n) is 6.46. The zero-order valence-corrected chi connectivity index (χ0v) is 17.9. The Kier molecular flexibility index (Phi) is 7.44. The minimum atomic E-state index is -1.44. The second-order valence-electron chi connectivity index (χ2n) is 8.65. The molecule has 0 spiro atoms. The van der Waals surface area contributed by atoms with Crippen LogP contribution >= 0.6 is 0 Å². The molecule has 2 aliphatic rings. The number of aliphatic hydroxyl groups is 7. The molecule has 9 heteroatoms. The van der Waals surface area contributed by atoms with Crippen LogP contribution in [-0.4, -0.2) is 91.7 Å². The third kappa shape index (κ3) is 4.83. The molecule has 9 unspecified atom stereocenters. The van der Waals surface area contributed by atoms with Crippen molar-refractivity contribution in [3.63, 3.8) is 0 Å². The first-order valence-corrected chi connectivity index (χ1v) is 11.0. The molecule has 180 valence electrons. The lowest BCUT2D eigenvalue weighted by Gasteiger charge is -2.40. The Bertz CT molecular complexity index is 901. The molecule has 0 aromatic heterocycles. The minimum Gasteiger partial charge on any atom is -0.394 e. The van der Waals surface area contributed by atoms with Crippen molar-refractivity contribution in [2.24, 2.45) is 0 Å². The second kappa shape index (κ2) is 10.1. The summed E-state index contributed by atoms with van der Waals surface area (Å²) < 4.78 is 11.3. The summed E-state index contributed by atoms with van der Waals surface area (Å²) in [6.45, 7) is -0.722. The fourth-order valence-corrected chi connectivity index (χ4v) is 4.45. The summed E-state index contributed by atoms with van der Waals surface area (Å²) in [5.74, 6) is 0. The van der Waals surface area contributed by atoms with E-state index >= 15 is 0 Å². The zero-order valence-electron chi connectivity index (χ0n) is 17.9. The van der Waals surface area contributed by atoms with E-state index in [-0.39, 0.29) is 13.0 Å². The molecule has 0 bridgehead atoms. The van der Waals surface area contributed by atoms with Crippen LogP contribution in [0.4, 0.5) is 0 Å². The lowest BCUT2D eigenvalue weighted by atomic mass is 9.90. The Morgan fingerprint density at radius 1 is 0.606 bits per heavy atom. The lowest BCUT2D eigenvalue weighted by molar-refractivity contribution is -0.231. The van der Waals surface area contributed by atoms with E-state index in [0.717, 1.165) is 11.1 Å². The monoisotopic (exact) mass is 462 g/mol. The van der Waals surface area contributed by atoms with Gasteiger partial charge in [-0.05, 0) is 22.3 Å². The molecule has 2 aromatic rings. The quantitative estimate of drug-likeness (QED) is 0.308. The SMILES string of the molecule is OCC1CC(O)C(O)C(c2ccc(-c3ccc(C4OC(CO)C(O)C(O)C4O)cc3)cc2)O1. The Balaban J connectivity index is 1.49. The highest BCUT2D eigenvalue weighted by Gasteiger charge is 2.44. The van der Waals surface area contributed by atoms with Gasteiger partial charge in [-0.2, -0.15) is 0 Å². The lowest BCUT2D eigenvalue weighted by Crippen LogP contribution is -2.55. The first kappa shape index (κ1) is 24.2. The average Bonchev–Trinajstić information content (AvgIpc) is 2.85. The number of rotatable bonds is 5. The highest BCUT2D eigenvalue weighted by molar-refractivity contribution is 5.64. The molecule has 7 N–H and O–H groups in total. The van der Waals surface area contributed by atoms with Gasteiger partial charge >= 0.3 is 0 Å². The zero-order chi connectivity index (χ0) is 23.7. The topological polar surface area (TPSA) is 160 Å². The minimum absolute atomic E-state index is 0.174.